The first kappa shape index (κ1) is 30.2. The highest BCUT2D eigenvalue weighted by Crippen LogP contribution is 2.53. The van der Waals surface area contributed by atoms with Gasteiger partial charge in [0.15, 0.2) is 11.5 Å². The number of para-hydroxylation sites is 6. The molecule has 0 fully saturated rings. The van der Waals surface area contributed by atoms with Crippen molar-refractivity contribution in [3.8, 4) is 33.9 Å². The Morgan fingerprint density at radius 2 is 1.00 bits per heavy atom. The monoisotopic (exact) mass is 669 g/mol. The maximum absolute atomic E-state index is 6.33. The van der Waals surface area contributed by atoms with Crippen LogP contribution in [-0.4, -0.2) is 4.98 Å². The molecule has 3 heterocycles. The van der Waals surface area contributed by atoms with Crippen molar-refractivity contribution in [2.24, 2.45) is 0 Å². The highest BCUT2D eigenvalue weighted by atomic mass is 16.5. The molecule has 0 unspecified atom stereocenters. The first-order valence-corrected chi connectivity index (χ1v) is 17.8. The molecule has 0 amide bonds. The molecule has 248 valence electrons. The van der Waals surface area contributed by atoms with Gasteiger partial charge in [0.05, 0.1) is 34.0 Å². The highest BCUT2D eigenvalue weighted by Gasteiger charge is 2.36. The van der Waals surface area contributed by atoms with E-state index in [1.165, 1.54) is 22.5 Å². The van der Waals surface area contributed by atoms with E-state index in [2.05, 4.69) is 175 Å². The predicted molar refractivity (Wildman–Crippen MR) is 214 cm³/mol. The molecule has 0 N–H and O–H groups in total. The van der Waals surface area contributed by atoms with Crippen molar-refractivity contribution in [3.05, 3.63) is 187 Å². The van der Waals surface area contributed by atoms with Crippen LogP contribution in [0.4, 0.5) is 34.1 Å². The van der Waals surface area contributed by atoms with E-state index in [0.29, 0.717) is 0 Å². The van der Waals surface area contributed by atoms with Crippen LogP contribution in [0.2, 0.25) is 0 Å². The van der Waals surface area contributed by atoms with Gasteiger partial charge in [0.1, 0.15) is 0 Å². The number of fused-ring (bicyclic) bond motifs is 5. The molecule has 0 spiro atoms. The van der Waals surface area contributed by atoms with Gasteiger partial charge in [-0.2, -0.15) is 0 Å². The minimum atomic E-state index is -0.120. The fourth-order valence-electron chi connectivity index (χ4n) is 8.09. The number of nitrogens with zero attached hydrogens (tertiary/aromatic N) is 3. The van der Waals surface area contributed by atoms with Crippen LogP contribution >= 0.6 is 0 Å². The summed E-state index contributed by atoms with van der Waals surface area (Å²) in [6, 6.07) is 62.3. The van der Waals surface area contributed by atoms with Crippen molar-refractivity contribution in [3.63, 3.8) is 0 Å². The third-order valence-corrected chi connectivity index (χ3v) is 10.6. The molecule has 0 bridgehead atoms. The molecule has 0 aliphatic carbocycles. The molecule has 8 aromatic rings. The van der Waals surface area contributed by atoms with Gasteiger partial charge in [-0.15, -0.1) is 0 Å². The van der Waals surface area contributed by atoms with Crippen LogP contribution in [-0.2, 0) is 5.41 Å². The van der Waals surface area contributed by atoms with E-state index in [0.717, 1.165) is 67.5 Å². The predicted octanol–water partition coefficient (Wildman–Crippen LogP) is 13.3. The average molecular weight is 670 g/mol. The molecule has 0 atom stereocenters. The van der Waals surface area contributed by atoms with Crippen LogP contribution in [0.15, 0.2) is 176 Å². The Morgan fingerprint density at radius 1 is 0.462 bits per heavy atom. The SMILES string of the molecule is CC1(C)c2ccccc2N(c2cccc(-c3cc(-c4ccccc4)c4ccc(N5c6ccccc6Oc6ccccc65)cc4n3)c2)c2ccccc21. The molecule has 10 rings (SSSR count). The summed E-state index contributed by atoms with van der Waals surface area (Å²) in [4.78, 5) is 10.1. The number of pyridine rings is 1. The zero-order valence-corrected chi connectivity index (χ0v) is 29.0. The third-order valence-electron chi connectivity index (χ3n) is 10.6. The lowest BCUT2D eigenvalue weighted by atomic mass is 9.73. The topological polar surface area (TPSA) is 28.6 Å². The lowest BCUT2D eigenvalue weighted by Crippen LogP contribution is -2.30. The van der Waals surface area contributed by atoms with Gasteiger partial charge < -0.3 is 14.5 Å². The number of benzene rings is 7. The van der Waals surface area contributed by atoms with Crippen molar-refractivity contribution in [2.75, 3.05) is 9.80 Å². The van der Waals surface area contributed by atoms with E-state index in [4.69, 9.17) is 9.72 Å². The number of hydrogen-bond donors (Lipinski definition) is 0. The smallest absolute Gasteiger partial charge is 0.151 e. The van der Waals surface area contributed by atoms with Crippen LogP contribution in [0.25, 0.3) is 33.3 Å². The van der Waals surface area contributed by atoms with Crippen molar-refractivity contribution >= 4 is 45.0 Å². The molecule has 0 saturated carbocycles. The molecule has 1 aromatic heterocycles. The quantitative estimate of drug-likeness (QED) is 0.186. The normalized spacial score (nSPS) is 13.8. The van der Waals surface area contributed by atoms with Crippen LogP contribution in [0.1, 0.15) is 25.0 Å². The Hall–Kier alpha value is -6.65. The number of aromatic nitrogens is 1. The van der Waals surface area contributed by atoms with Gasteiger partial charge in [0.25, 0.3) is 0 Å². The second-order valence-electron chi connectivity index (χ2n) is 14.0. The van der Waals surface area contributed by atoms with E-state index < -0.39 is 0 Å². The van der Waals surface area contributed by atoms with Gasteiger partial charge in [-0.1, -0.05) is 123 Å². The lowest BCUT2D eigenvalue weighted by molar-refractivity contribution is 0.477. The van der Waals surface area contributed by atoms with Gasteiger partial charge in [0.2, 0.25) is 0 Å². The summed E-state index contributed by atoms with van der Waals surface area (Å²) in [6.45, 7) is 4.65. The van der Waals surface area contributed by atoms with Gasteiger partial charge in [0, 0.05) is 27.7 Å². The fraction of sp³-hybridized carbons (Fsp3) is 0.0625. The maximum atomic E-state index is 6.33. The summed E-state index contributed by atoms with van der Waals surface area (Å²) < 4.78 is 6.33. The molecule has 4 heteroatoms. The van der Waals surface area contributed by atoms with Crippen molar-refractivity contribution in [1.82, 2.24) is 4.98 Å². The van der Waals surface area contributed by atoms with E-state index >= 15 is 0 Å². The molecule has 0 saturated heterocycles. The minimum absolute atomic E-state index is 0.120. The minimum Gasteiger partial charge on any atom is -0.453 e. The highest BCUT2D eigenvalue weighted by molar-refractivity contribution is 6.00. The van der Waals surface area contributed by atoms with Crippen molar-refractivity contribution < 1.29 is 4.74 Å². The Bertz CT molecular complexity index is 2570. The second-order valence-corrected chi connectivity index (χ2v) is 14.0. The Labute approximate surface area is 303 Å². The average Bonchev–Trinajstić information content (AvgIpc) is 3.20. The summed E-state index contributed by atoms with van der Waals surface area (Å²) in [5.74, 6) is 1.66. The first-order valence-electron chi connectivity index (χ1n) is 17.8. The Kier molecular flexibility index (Phi) is 6.80. The summed E-state index contributed by atoms with van der Waals surface area (Å²) >= 11 is 0. The molecule has 2 aliphatic rings. The second kappa shape index (κ2) is 11.7. The zero-order chi connectivity index (χ0) is 34.8. The molecule has 52 heavy (non-hydrogen) atoms. The van der Waals surface area contributed by atoms with Crippen molar-refractivity contribution in [2.45, 2.75) is 19.3 Å². The summed E-state index contributed by atoms with van der Waals surface area (Å²) in [5, 5.41) is 1.10. The molecule has 7 aromatic carbocycles. The van der Waals surface area contributed by atoms with Gasteiger partial charge in [-0.05, 0) is 89.0 Å². The molecular weight excluding hydrogens is 635 g/mol. The van der Waals surface area contributed by atoms with Crippen LogP contribution in [0.3, 0.4) is 0 Å². The van der Waals surface area contributed by atoms with Crippen LogP contribution in [0.5, 0.6) is 11.5 Å². The lowest BCUT2D eigenvalue weighted by Gasteiger charge is -2.42. The summed E-state index contributed by atoms with van der Waals surface area (Å²) in [5.41, 5.74) is 14.3. The number of ether oxygens (including phenoxy) is 1. The molecule has 2 aliphatic heterocycles. The number of rotatable bonds is 4. The van der Waals surface area contributed by atoms with Crippen LogP contribution in [0, 0.1) is 0 Å². The fourth-order valence-corrected chi connectivity index (χ4v) is 8.09. The Morgan fingerprint density at radius 3 is 1.67 bits per heavy atom. The van der Waals surface area contributed by atoms with E-state index in [-0.39, 0.29) is 5.41 Å². The molecular formula is C48H35N3O. The third kappa shape index (κ3) is 4.72. The van der Waals surface area contributed by atoms with Crippen molar-refractivity contribution in [1.29, 1.82) is 0 Å². The summed E-state index contributed by atoms with van der Waals surface area (Å²) in [6.07, 6.45) is 0. The van der Waals surface area contributed by atoms with E-state index in [1.807, 2.05) is 24.3 Å². The van der Waals surface area contributed by atoms with Crippen LogP contribution < -0.4 is 14.5 Å². The van der Waals surface area contributed by atoms with Gasteiger partial charge in [-0.3, -0.25) is 0 Å². The maximum Gasteiger partial charge on any atom is 0.151 e. The van der Waals surface area contributed by atoms with Gasteiger partial charge >= 0.3 is 0 Å². The molecule has 0 radical (unpaired) electrons. The first-order chi connectivity index (χ1) is 25.5. The Balaban J connectivity index is 1.16. The summed E-state index contributed by atoms with van der Waals surface area (Å²) in [7, 11) is 0. The number of anilines is 6. The largest absolute Gasteiger partial charge is 0.453 e. The van der Waals surface area contributed by atoms with E-state index in [1.54, 1.807) is 0 Å². The number of hydrogen-bond acceptors (Lipinski definition) is 4. The van der Waals surface area contributed by atoms with Gasteiger partial charge in [-0.25, -0.2) is 4.98 Å². The van der Waals surface area contributed by atoms with E-state index in [9.17, 15) is 0 Å². The standard InChI is InChI=1S/C48H35N3O/c1-48(2)38-19-6-8-21-42(38)50(43-22-9-7-20-39(43)48)34-18-14-17-33(29-34)40-31-37(32-15-4-3-5-16-32)36-28-27-35(30-41(36)49-40)51-44-23-10-12-25-46(44)52-47-26-13-11-24-45(47)51/h3-31H,1-2H3. The zero-order valence-electron chi connectivity index (χ0n) is 29.0. The molecule has 4 nitrogen and oxygen atoms in total.